The topological polar surface area (TPSA) is 121 Å². The Kier molecular flexibility index (Phi) is 7.32. The molecule has 0 fully saturated rings. The molecule has 0 bridgehead atoms. The number of benzene rings is 2. The van der Waals surface area contributed by atoms with E-state index in [-0.39, 0.29) is 23.9 Å². The van der Waals surface area contributed by atoms with Crippen LogP contribution in [0.25, 0.3) is 10.4 Å². The van der Waals surface area contributed by atoms with E-state index in [0.29, 0.717) is 22.8 Å². The number of anilines is 1. The number of carbonyl (C=O) groups excluding carboxylic acids is 2. The van der Waals surface area contributed by atoms with Gasteiger partial charge < -0.3 is 25.8 Å². The van der Waals surface area contributed by atoms with Crippen molar-refractivity contribution in [3.63, 3.8) is 0 Å². The lowest BCUT2D eigenvalue weighted by Gasteiger charge is -2.21. The number of primary amides is 1. The standard InChI is InChI=1S/C23H26N4O4S/c1-14-5-4-6-16(11-14)21-20(26-23(25)32-21)22(29)27(13-19(24)28)10-9-15-7-8-17(30-2)18(12-15)31-3/h4-8,11-12H,9-10,13H2,1-3H3,(H2,24,28)(H2,25,26). The number of thiazole rings is 1. The van der Waals surface area contributed by atoms with Crippen LogP contribution in [0.3, 0.4) is 0 Å². The number of nitrogens with two attached hydrogens (primary N) is 2. The maximum atomic E-state index is 13.4. The van der Waals surface area contributed by atoms with Crippen LogP contribution in [-0.2, 0) is 11.2 Å². The number of aromatic nitrogens is 1. The van der Waals surface area contributed by atoms with Gasteiger partial charge in [0, 0.05) is 6.54 Å². The highest BCUT2D eigenvalue weighted by Gasteiger charge is 2.25. The number of ether oxygens (including phenoxy) is 2. The van der Waals surface area contributed by atoms with Gasteiger partial charge in [0.1, 0.15) is 5.69 Å². The van der Waals surface area contributed by atoms with Gasteiger partial charge in [0.25, 0.3) is 5.91 Å². The van der Waals surface area contributed by atoms with Crippen molar-refractivity contribution in [1.82, 2.24) is 9.88 Å². The summed E-state index contributed by atoms with van der Waals surface area (Å²) in [6.07, 6.45) is 0.485. The van der Waals surface area contributed by atoms with Crippen molar-refractivity contribution < 1.29 is 19.1 Å². The zero-order valence-corrected chi connectivity index (χ0v) is 19.1. The van der Waals surface area contributed by atoms with Crippen molar-refractivity contribution >= 4 is 28.3 Å². The van der Waals surface area contributed by atoms with E-state index in [9.17, 15) is 9.59 Å². The van der Waals surface area contributed by atoms with Crippen molar-refractivity contribution in [3.8, 4) is 21.9 Å². The Labute approximate surface area is 190 Å². The largest absolute Gasteiger partial charge is 0.493 e. The Balaban J connectivity index is 1.87. The van der Waals surface area contributed by atoms with E-state index in [1.165, 1.54) is 16.2 Å². The molecule has 1 heterocycles. The van der Waals surface area contributed by atoms with Crippen LogP contribution in [0.2, 0.25) is 0 Å². The SMILES string of the molecule is COc1ccc(CCN(CC(N)=O)C(=O)c2nc(N)sc2-c2cccc(C)c2)cc1OC. The van der Waals surface area contributed by atoms with Crippen LogP contribution >= 0.6 is 11.3 Å². The summed E-state index contributed by atoms with van der Waals surface area (Å²) in [5.74, 6) is 0.202. The third kappa shape index (κ3) is 5.36. The van der Waals surface area contributed by atoms with Gasteiger partial charge >= 0.3 is 0 Å². The maximum Gasteiger partial charge on any atom is 0.274 e. The quantitative estimate of drug-likeness (QED) is 0.513. The van der Waals surface area contributed by atoms with Crippen molar-refractivity contribution in [2.75, 3.05) is 33.0 Å². The molecule has 2 aromatic carbocycles. The average molecular weight is 455 g/mol. The highest BCUT2D eigenvalue weighted by molar-refractivity contribution is 7.19. The molecule has 0 saturated carbocycles. The molecule has 0 spiro atoms. The molecule has 9 heteroatoms. The minimum Gasteiger partial charge on any atom is -0.493 e. The maximum absolute atomic E-state index is 13.4. The zero-order valence-electron chi connectivity index (χ0n) is 18.3. The molecule has 1 aromatic heterocycles. The molecule has 32 heavy (non-hydrogen) atoms. The molecule has 2 amide bonds. The van der Waals surface area contributed by atoms with Gasteiger partial charge in [-0.3, -0.25) is 9.59 Å². The molecule has 4 N–H and O–H groups in total. The van der Waals surface area contributed by atoms with E-state index in [0.717, 1.165) is 16.7 Å². The fraction of sp³-hybridized carbons (Fsp3) is 0.261. The monoisotopic (exact) mass is 454 g/mol. The van der Waals surface area contributed by atoms with E-state index in [2.05, 4.69) is 4.98 Å². The first-order chi connectivity index (χ1) is 15.3. The molecule has 168 valence electrons. The van der Waals surface area contributed by atoms with Crippen LogP contribution in [-0.4, -0.2) is 49.0 Å². The van der Waals surface area contributed by atoms with Crippen LogP contribution in [0.5, 0.6) is 11.5 Å². The summed E-state index contributed by atoms with van der Waals surface area (Å²) in [6, 6.07) is 13.3. The molecule has 0 unspecified atom stereocenters. The highest BCUT2D eigenvalue weighted by atomic mass is 32.1. The number of aryl methyl sites for hydroxylation is 1. The molecular formula is C23H26N4O4S. The fourth-order valence-electron chi connectivity index (χ4n) is 3.35. The summed E-state index contributed by atoms with van der Waals surface area (Å²) >= 11 is 1.24. The Morgan fingerprint density at radius 3 is 2.50 bits per heavy atom. The smallest absolute Gasteiger partial charge is 0.274 e. The van der Waals surface area contributed by atoms with E-state index in [1.807, 2.05) is 43.3 Å². The summed E-state index contributed by atoms with van der Waals surface area (Å²) in [5.41, 5.74) is 14.4. The number of carbonyl (C=O) groups is 2. The number of hydrogen-bond donors (Lipinski definition) is 2. The first-order valence-corrected chi connectivity index (χ1v) is 10.8. The molecule has 3 aromatic rings. The Hall–Kier alpha value is -3.59. The summed E-state index contributed by atoms with van der Waals surface area (Å²) in [5, 5.41) is 0.281. The van der Waals surface area contributed by atoms with Crippen molar-refractivity contribution in [3.05, 3.63) is 59.3 Å². The second kappa shape index (κ2) is 10.1. The van der Waals surface area contributed by atoms with Gasteiger partial charge in [-0.25, -0.2) is 4.98 Å². The zero-order chi connectivity index (χ0) is 23.3. The lowest BCUT2D eigenvalue weighted by Crippen LogP contribution is -2.40. The number of amides is 2. The minimum absolute atomic E-state index is 0.215. The second-order valence-corrected chi connectivity index (χ2v) is 8.26. The third-order valence-electron chi connectivity index (χ3n) is 4.88. The summed E-state index contributed by atoms with van der Waals surface area (Å²) < 4.78 is 10.6. The summed E-state index contributed by atoms with van der Waals surface area (Å²) in [7, 11) is 3.13. The lowest BCUT2D eigenvalue weighted by atomic mass is 10.1. The first-order valence-electron chi connectivity index (χ1n) is 9.94. The minimum atomic E-state index is -0.606. The molecule has 0 saturated heterocycles. The molecule has 0 aliphatic carbocycles. The summed E-state index contributed by atoms with van der Waals surface area (Å²) in [6.45, 7) is 2.01. The number of nitrogen functional groups attached to an aromatic ring is 1. The average Bonchev–Trinajstić information content (AvgIpc) is 3.17. The fourth-order valence-corrected chi connectivity index (χ4v) is 4.17. The molecule has 3 rings (SSSR count). The lowest BCUT2D eigenvalue weighted by molar-refractivity contribution is -0.118. The number of nitrogens with zero attached hydrogens (tertiary/aromatic N) is 2. The Morgan fingerprint density at radius 1 is 1.09 bits per heavy atom. The molecular weight excluding hydrogens is 428 g/mol. The van der Waals surface area contributed by atoms with Crippen LogP contribution in [0.15, 0.2) is 42.5 Å². The van der Waals surface area contributed by atoms with Gasteiger partial charge in [0.15, 0.2) is 16.6 Å². The number of hydrogen-bond acceptors (Lipinski definition) is 7. The van der Waals surface area contributed by atoms with Gasteiger partial charge in [-0.05, 0) is 36.6 Å². The van der Waals surface area contributed by atoms with Crippen LogP contribution in [0.4, 0.5) is 5.13 Å². The van der Waals surface area contributed by atoms with E-state index >= 15 is 0 Å². The van der Waals surface area contributed by atoms with Gasteiger partial charge in [0.2, 0.25) is 5.91 Å². The Bertz CT molecular complexity index is 1130. The van der Waals surface area contributed by atoms with Crippen LogP contribution < -0.4 is 20.9 Å². The van der Waals surface area contributed by atoms with Crippen LogP contribution in [0, 0.1) is 6.92 Å². The highest BCUT2D eigenvalue weighted by Crippen LogP contribution is 2.33. The van der Waals surface area contributed by atoms with Crippen molar-refractivity contribution in [2.24, 2.45) is 5.73 Å². The predicted octanol–water partition coefficient (Wildman–Crippen LogP) is 2.89. The van der Waals surface area contributed by atoms with E-state index < -0.39 is 11.8 Å². The third-order valence-corrected chi connectivity index (χ3v) is 5.81. The van der Waals surface area contributed by atoms with Gasteiger partial charge in [-0.1, -0.05) is 47.2 Å². The molecule has 0 aliphatic rings. The Morgan fingerprint density at radius 2 is 1.84 bits per heavy atom. The first kappa shape index (κ1) is 23.1. The number of rotatable bonds is 9. The van der Waals surface area contributed by atoms with Gasteiger partial charge in [-0.15, -0.1) is 0 Å². The normalized spacial score (nSPS) is 10.6. The van der Waals surface area contributed by atoms with Gasteiger partial charge in [-0.2, -0.15) is 0 Å². The molecule has 8 nitrogen and oxygen atoms in total. The molecule has 0 aliphatic heterocycles. The van der Waals surface area contributed by atoms with Crippen LogP contribution in [0.1, 0.15) is 21.6 Å². The van der Waals surface area contributed by atoms with Crippen molar-refractivity contribution in [2.45, 2.75) is 13.3 Å². The second-order valence-electron chi connectivity index (χ2n) is 7.23. The van der Waals surface area contributed by atoms with E-state index in [4.69, 9.17) is 20.9 Å². The van der Waals surface area contributed by atoms with E-state index in [1.54, 1.807) is 20.3 Å². The molecule has 0 atom stereocenters. The van der Waals surface area contributed by atoms with Crippen molar-refractivity contribution in [1.29, 1.82) is 0 Å². The molecule has 0 radical (unpaired) electrons. The predicted molar refractivity (Wildman–Crippen MR) is 125 cm³/mol. The van der Waals surface area contributed by atoms with Gasteiger partial charge in [0.05, 0.1) is 25.6 Å². The summed E-state index contributed by atoms with van der Waals surface area (Å²) in [4.78, 5) is 31.4. The number of methoxy groups -OCH3 is 2.